The maximum Gasteiger partial charge on any atom is 0.307 e. The summed E-state index contributed by atoms with van der Waals surface area (Å²) in [6.45, 7) is 0.823. The molecule has 0 aromatic heterocycles. The third-order valence-electron chi connectivity index (χ3n) is 2.59. The van der Waals surface area contributed by atoms with Crippen molar-refractivity contribution in [3.63, 3.8) is 0 Å². The van der Waals surface area contributed by atoms with Crippen LogP contribution in [0.5, 0.6) is 5.75 Å². The average molecular weight is 304 g/mol. The zero-order chi connectivity index (χ0) is 12.5. The van der Waals surface area contributed by atoms with Crippen LogP contribution in [0.15, 0.2) is 22.7 Å². The fourth-order valence-electron chi connectivity index (χ4n) is 1.70. The van der Waals surface area contributed by atoms with E-state index in [1.165, 1.54) is 12.1 Å². The smallest absolute Gasteiger partial charge is 0.307 e. The van der Waals surface area contributed by atoms with Crippen molar-refractivity contribution in [2.45, 2.75) is 12.0 Å². The number of benzene rings is 1. The summed E-state index contributed by atoms with van der Waals surface area (Å²) in [5.41, 5.74) is -0.833. The Morgan fingerprint density at radius 3 is 2.76 bits per heavy atom. The highest BCUT2D eigenvalue weighted by Gasteiger charge is 2.42. The van der Waals surface area contributed by atoms with Crippen LogP contribution < -0.4 is 10.1 Å². The van der Waals surface area contributed by atoms with Crippen LogP contribution in [0.3, 0.4) is 0 Å². The van der Waals surface area contributed by atoms with Gasteiger partial charge in [0.05, 0.1) is 6.42 Å². The van der Waals surface area contributed by atoms with Gasteiger partial charge >= 0.3 is 5.97 Å². The molecule has 2 rings (SSSR count). The zero-order valence-electron chi connectivity index (χ0n) is 8.87. The maximum atomic E-state index is 13.6. The van der Waals surface area contributed by atoms with Gasteiger partial charge in [0.1, 0.15) is 5.60 Å². The number of hydrogen-bond donors (Lipinski definition) is 2. The normalized spacial score (nSPS) is 17.3. The summed E-state index contributed by atoms with van der Waals surface area (Å²) < 4.78 is 19.7. The van der Waals surface area contributed by atoms with E-state index in [0.717, 1.165) is 0 Å². The molecule has 1 aliphatic heterocycles. The highest BCUT2D eigenvalue weighted by molar-refractivity contribution is 9.10. The van der Waals surface area contributed by atoms with E-state index in [9.17, 15) is 9.18 Å². The van der Waals surface area contributed by atoms with Crippen LogP contribution in [0.2, 0.25) is 0 Å². The van der Waals surface area contributed by atoms with Crippen LogP contribution in [0.25, 0.3) is 0 Å². The van der Waals surface area contributed by atoms with E-state index in [1.54, 1.807) is 6.07 Å². The molecule has 0 atom stereocenters. The molecule has 4 nitrogen and oxygen atoms in total. The van der Waals surface area contributed by atoms with Gasteiger partial charge < -0.3 is 15.2 Å². The molecule has 1 aliphatic rings. The Bertz CT molecular complexity index is 448. The molecule has 1 aromatic carbocycles. The summed E-state index contributed by atoms with van der Waals surface area (Å²) in [5.74, 6) is -1.38. The Morgan fingerprint density at radius 1 is 1.59 bits per heavy atom. The molecule has 0 saturated carbocycles. The zero-order valence-corrected chi connectivity index (χ0v) is 10.5. The minimum Gasteiger partial charge on any atom is -0.481 e. The Labute approximate surface area is 106 Å². The lowest BCUT2D eigenvalue weighted by molar-refractivity contribution is -0.143. The number of halogens is 2. The number of carbonyl (C=O) groups is 1. The van der Waals surface area contributed by atoms with Crippen LogP contribution in [0.4, 0.5) is 4.39 Å². The summed E-state index contributed by atoms with van der Waals surface area (Å²) in [6, 6.07) is 4.43. The van der Waals surface area contributed by atoms with Gasteiger partial charge in [-0.05, 0) is 18.2 Å². The number of aliphatic carboxylic acids is 1. The fraction of sp³-hybridized carbons (Fsp3) is 0.364. The van der Waals surface area contributed by atoms with Gasteiger partial charge in [-0.2, -0.15) is 0 Å². The SMILES string of the molecule is O=C(O)CC1(Oc2ccc(Br)cc2F)CNC1. The number of carboxylic acid groups (broad SMARTS) is 1. The predicted octanol–water partition coefficient (Wildman–Crippen LogP) is 1.78. The van der Waals surface area contributed by atoms with Gasteiger partial charge in [0.15, 0.2) is 11.6 Å². The van der Waals surface area contributed by atoms with Crippen molar-refractivity contribution in [2.24, 2.45) is 0 Å². The van der Waals surface area contributed by atoms with Crippen LogP contribution in [-0.4, -0.2) is 29.8 Å². The molecular formula is C11H11BrFNO3. The van der Waals surface area contributed by atoms with Gasteiger partial charge in [-0.15, -0.1) is 0 Å². The fourth-order valence-corrected chi connectivity index (χ4v) is 2.04. The number of ether oxygens (including phenoxy) is 1. The van der Waals surface area contributed by atoms with Crippen molar-refractivity contribution in [1.29, 1.82) is 0 Å². The molecule has 2 N–H and O–H groups in total. The second kappa shape index (κ2) is 4.62. The second-order valence-electron chi connectivity index (χ2n) is 4.03. The first kappa shape index (κ1) is 12.3. The summed E-state index contributed by atoms with van der Waals surface area (Å²) in [5, 5.41) is 11.7. The van der Waals surface area contributed by atoms with Crippen molar-refractivity contribution in [2.75, 3.05) is 13.1 Å². The topological polar surface area (TPSA) is 58.6 Å². The van der Waals surface area contributed by atoms with E-state index in [0.29, 0.717) is 17.6 Å². The molecule has 0 bridgehead atoms. The average Bonchev–Trinajstić information content (AvgIpc) is 2.18. The van der Waals surface area contributed by atoms with E-state index in [4.69, 9.17) is 9.84 Å². The Kier molecular flexibility index (Phi) is 3.35. The molecule has 1 heterocycles. The molecule has 6 heteroatoms. The lowest BCUT2D eigenvalue weighted by Crippen LogP contribution is -2.64. The standard InChI is InChI=1S/C11H11BrFNO3/c12-7-1-2-9(8(13)3-7)17-11(4-10(15)16)5-14-6-11/h1-3,14H,4-6H2,(H,15,16). The first-order valence-corrected chi connectivity index (χ1v) is 5.87. The van der Waals surface area contributed by atoms with E-state index in [2.05, 4.69) is 21.2 Å². The van der Waals surface area contributed by atoms with Crippen molar-refractivity contribution in [3.8, 4) is 5.75 Å². The van der Waals surface area contributed by atoms with Gasteiger partial charge in [-0.3, -0.25) is 4.79 Å². The van der Waals surface area contributed by atoms with Gasteiger partial charge in [0.25, 0.3) is 0 Å². The van der Waals surface area contributed by atoms with E-state index < -0.39 is 17.4 Å². The molecule has 0 radical (unpaired) electrons. The Balaban J connectivity index is 2.15. The number of rotatable bonds is 4. The van der Waals surface area contributed by atoms with Crippen molar-refractivity contribution in [1.82, 2.24) is 5.32 Å². The van der Waals surface area contributed by atoms with E-state index in [-0.39, 0.29) is 12.2 Å². The van der Waals surface area contributed by atoms with Crippen molar-refractivity contribution in [3.05, 3.63) is 28.5 Å². The van der Waals surface area contributed by atoms with E-state index in [1.807, 2.05) is 0 Å². The third kappa shape index (κ3) is 2.76. The van der Waals surface area contributed by atoms with Gasteiger partial charge in [0, 0.05) is 17.6 Å². The Hall–Kier alpha value is -1.14. The van der Waals surface area contributed by atoms with E-state index >= 15 is 0 Å². The summed E-state index contributed by atoms with van der Waals surface area (Å²) in [7, 11) is 0. The number of hydrogen-bond acceptors (Lipinski definition) is 3. The Morgan fingerprint density at radius 2 is 2.29 bits per heavy atom. The van der Waals surface area contributed by atoms with Gasteiger partial charge in [0.2, 0.25) is 0 Å². The highest BCUT2D eigenvalue weighted by atomic mass is 79.9. The van der Waals surface area contributed by atoms with Gasteiger partial charge in [-0.1, -0.05) is 15.9 Å². The van der Waals surface area contributed by atoms with Crippen LogP contribution in [-0.2, 0) is 4.79 Å². The molecule has 1 aromatic rings. The highest BCUT2D eigenvalue weighted by Crippen LogP contribution is 2.29. The summed E-state index contributed by atoms with van der Waals surface area (Å²) >= 11 is 3.15. The minimum atomic E-state index is -0.955. The first-order chi connectivity index (χ1) is 8.01. The molecule has 1 saturated heterocycles. The van der Waals surface area contributed by atoms with Crippen LogP contribution in [0, 0.1) is 5.82 Å². The molecule has 17 heavy (non-hydrogen) atoms. The molecule has 0 amide bonds. The van der Waals surface area contributed by atoms with Gasteiger partial charge in [-0.25, -0.2) is 4.39 Å². The molecule has 92 valence electrons. The quantitative estimate of drug-likeness (QED) is 0.890. The summed E-state index contributed by atoms with van der Waals surface area (Å²) in [6.07, 6.45) is -0.143. The third-order valence-corrected chi connectivity index (χ3v) is 3.08. The molecule has 0 spiro atoms. The number of carboxylic acids is 1. The first-order valence-electron chi connectivity index (χ1n) is 5.07. The minimum absolute atomic E-state index is 0.0796. The van der Waals surface area contributed by atoms with Crippen LogP contribution >= 0.6 is 15.9 Å². The number of nitrogens with one attached hydrogen (secondary N) is 1. The van der Waals surface area contributed by atoms with Crippen molar-refractivity contribution < 1.29 is 19.0 Å². The predicted molar refractivity (Wildman–Crippen MR) is 62.6 cm³/mol. The maximum absolute atomic E-state index is 13.6. The van der Waals surface area contributed by atoms with Crippen molar-refractivity contribution >= 4 is 21.9 Å². The lowest BCUT2D eigenvalue weighted by Gasteiger charge is -2.41. The molecule has 0 aliphatic carbocycles. The monoisotopic (exact) mass is 303 g/mol. The summed E-state index contributed by atoms with van der Waals surface area (Å²) in [4.78, 5) is 10.7. The molecule has 1 fully saturated rings. The lowest BCUT2D eigenvalue weighted by atomic mass is 9.92. The largest absolute Gasteiger partial charge is 0.481 e. The van der Waals surface area contributed by atoms with Crippen LogP contribution in [0.1, 0.15) is 6.42 Å². The molecule has 0 unspecified atom stereocenters. The molecular weight excluding hydrogens is 293 g/mol. The second-order valence-corrected chi connectivity index (χ2v) is 4.95.